The third-order valence-electron chi connectivity index (χ3n) is 8.69. The van der Waals surface area contributed by atoms with Gasteiger partial charge in [-0.15, -0.1) is 0 Å². The number of nitrogens with one attached hydrogen (secondary N) is 1. The van der Waals surface area contributed by atoms with Crippen molar-refractivity contribution in [3.63, 3.8) is 0 Å². The zero-order valence-corrected chi connectivity index (χ0v) is 21.3. The molecule has 1 N–H and O–H groups in total. The highest BCUT2D eigenvalue weighted by Gasteiger charge is 2.30. The van der Waals surface area contributed by atoms with E-state index in [2.05, 4.69) is 119 Å². The summed E-state index contributed by atoms with van der Waals surface area (Å²) >= 11 is 0. The molecule has 0 radical (unpaired) electrons. The first-order valence-electron chi connectivity index (χ1n) is 13.7. The van der Waals surface area contributed by atoms with Crippen molar-refractivity contribution in [2.24, 2.45) is 4.99 Å². The van der Waals surface area contributed by atoms with Gasteiger partial charge in [-0.1, -0.05) is 72.8 Å². The number of rotatable bonds is 1. The van der Waals surface area contributed by atoms with Gasteiger partial charge in [0.2, 0.25) is 0 Å². The lowest BCUT2D eigenvalue weighted by Crippen LogP contribution is -2.29. The Hall–Kier alpha value is -5.35. The zero-order valence-electron chi connectivity index (χ0n) is 21.3. The number of aliphatic imine (C=N–C) groups is 1. The number of para-hydroxylation sites is 1. The Morgan fingerprint density at radius 2 is 1.60 bits per heavy atom. The molecule has 0 spiro atoms. The summed E-state index contributed by atoms with van der Waals surface area (Å²) in [5, 5.41) is 12.1. The van der Waals surface area contributed by atoms with Crippen molar-refractivity contribution in [2.45, 2.75) is 6.04 Å². The van der Waals surface area contributed by atoms with Gasteiger partial charge in [0.15, 0.2) is 5.82 Å². The average molecular weight is 512 g/mol. The summed E-state index contributed by atoms with van der Waals surface area (Å²) in [5.41, 5.74) is 8.64. The van der Waals surface area contributed by atoms with E-state index in [-0.39, 0.29) is 6.04 Å². The Labute approximate surface area is 228 Å². The van der Waals surface area contributed by atoms with E-state index in [1.54, 1.807) is 0 Å². The number of aromatic nitrogens is 1. The van der Waals surface area contributed by atoms with E-state index in [4.69, 9.17) is 9.41 Å². The maximum atomic E-state index is 6.58. The molecule has 1 atom stereocenters. The number of hydrogen-bond donors (Lipinski definition) is 1. The van der Waals surface area contributed by atoms with Crippen LogP contribution in [0.4, 0.5) is 11.5 Å². The number of furan rings is 1. The highest BCUT2D eigenvalue weighted by Crippen LogP contribution is 2.50. The van der Waals surface area contributed by atoms with Gasteiger partial charge in [0.05, 0.1) is 33.9 Å². The van der Waals surface area contributed by atoms with E-state index in [0.717, 1.165) is 50.1 Å². The SMILES string of the molecule is C1=CC2=Nc3c(c4cc(-c5ccc6ccccc6c5)cc5c6c7oc8ccccc8c7ccc6n3c45)NC2C=C1. The molecule has 4 nitrogen and oxygen atoms in total. The van der Waals surface area contributed by atoms with Crippen LogP contribution in [0.3, 0.4) is 0 Å². The molecule has 1 aliphatic heterocycles. The molecular weight excluding hydrogens is 490 g/mol. The highest BCUT2D eigenvalue weighted by molar-refractivity contribution is 6.29. The van der Waals surface area contributed by atoms with Crippen molar-refractivity contribution in [1.82, 2.24) is 4.40 Å². The summed E-state index contributed by atoms with van der Waals surface area (Å²) in [4.78, 5) is 5.22. The predicted octanol–water partition coefficient (Wildman–Crippen LogP) is 9.40. The molecule has 0 amide bonds. The Morgan fingerprint density at radius 1 is 0.725 bits per heavy atom. The lowest BCUT2D eigenvalue weighted by molar-refractivity contribution is 0.673. The molecule has 10 rings (SSSR count). The fraction of sp³-hybridized carbons (Fsp3) is 0.0278. The predicted molar refractivity (Wildman–Crippen MR) is 167 cm³/mol. The largest absolute Gasteiger partial charge is 0.455 e. The molecule has 1 unspecified atom stereocenters. The molecule has 0 saturated heterocycles. The minimum Gasteiger partial charge on any atom is -0.455 e. The Balaban J connectivity index is 1.38. The summed E-state index contributed by atoms with van der Waals surface area (Å²) in [7, 11) is 0. The van der Waals surface area contributed by atoms with Crippen molar-refractivity contribution in [1.29, 1.82) is 0 Å². The molecule has 4 heteroatoms. The Morgan fingerprint density at radius 3 is 2.58 bits per heavy atom. The first kappa shape index (κ1) is 20.6. The van der Waals surface area contributed by atoms with Crippen molar-refractivity contribution in [3.05, 3.63) is 115 Å². The number of benzene rings is 5. The third-order valence-corrected chi connectivity index (χ3v) is 8.69. The molecular formula is C36H21N3O. The van der Waals surface area contributed by atoms with Gasteiger partial charge in [0.1, 0.15) is 11.2 Å². The van der Waals surface area contributed by atoms with Gasteiger partial charge in [-0.3, -0.25) is 4.40 Å². The fourth-order valence-electron chi connectivity index (χ4n) is 6.88. The number of fused-ring (bicyclic) bond motifs is 12. The van der Waals surface area contributed by atoms with Crippen LogP contribution < -0.4 is 5.32 Å². The zero-order chi connectivity index (χ0) is 25.9. The summed E-state index contributed by atoms with van der Waals surface area (Å²) in [6.07, 6.45) is 8.43. The molecule has 0 bridgehead atoms. The molecule has 5 aromatic carbocycles. The number of allylic oxidation sites excluding steroid dienone is 2. The molecule has 3 aromatic heterocycles. The Bertz CT molecular complexity index is 2470. The molecule has 2 aliphatic rings. The van der Waals surface area contributed by atoms with Crippen molar-refractivity contribution >= 4 is 77.1 Å². The third kappa shape index (κ3) is 2.53. The van der Waals surface area contributed by atoms with Crippen LogP contribution in [-0.2, 0) is 0 Å². The quantitative estimate of drug-likeness (QED) is 0.238. The van der Waals surface area contributed by atoms with Crippen LogP contribution in [0.2, 0.25) is 0 Å². The van der Waals surface area contributed by atoms with Gasteiger partial charge in [-0.2, -0.15) is 0 Å². The van der Waals surface area contributed by atoms with Gasteiger partial charge in [0, 0.05) is 21.5 Å². The monoisotopic (exact) mass is 511 g/mol. The van der Waals surface area contributed by atoms with E-state index in [1.807, 2.05) is 6.07 Å². The first-order valence-corrected chi connectivity index (χ1v) is 13.7. The van der Waals surface area contributed by atoms with Crippen LogP contribution in [0.15, 0.2) is 125 Å². The minimum atomic E-state index is 0.0704. The van der Waals surface area contributed by atoms with E-state index in [0.29, 0.717) is 0 Å². The van der Waals surface area contributed by atoms with Gasteiger partial charge >= 0.3 is 0 Å². The fourth-order valence-corrected chi connectivity index (χ4v) is 6.88. The maximum Gasteiger partial charge on any atom is 0.162 e. The lowest BCUT2D eigenvalue weighted by Gasteiger charge is -2.23. The summed E-state index contributed by atoms with van der Waals surface area (Å²) in [6.45, 7) is 0. The van der Waals surface area contributed by atoms with Crippen molar-refractivity contribution in [2.75, 3.05) is 5.32 Å². The molecule has 0 saturated carbocycles. The normalized spacial score (nSPS) is 16.4. The van der Waals surface area contributed by atoms with E-state index in [9.17, 15) is 0 Å². The molecule has 4 heterocycles. The van der Waals surface area contributed by atoms with Crippen LogP contribution in [0, 0.1) is 0 Å². The number of anilines is 1. The second-order valence-electron chi connectivity index (χ2n) is 10.9. The number of nitrogens with zero attached hydrogens (tertiary/aromatic N) is 2. The van der Waals surface area contributed by atoms with E-state index in [1.165, 1.54) is 38.2 Å². The molecule has 40 heavy (non-hydrogen) atoms. The lowest BCUT2D eigenvalue weighted by atomic mass is 9.97. The summed E-state index contributed by atoms with van der Waals surface area (Å²) < 4.78 is 8.90. The van der Waals surface area contributed by atoms with Gasteiger partial charge < -0.3 is 9.73 Å². The Kier molecular flexibility index (Phi) is 3.70. The number of hydrogen-bond acceptors (Lipinski definition) is 3. The van der Waals surface area contributed by atoms with Crippen LogP contribution in [0.25, 0.3) is 71.0 Å². The standard InChI is InChI=1S/C36H21N3O/c1-2-8-21-17-22(14-13-20(21)7-1)23-18-26-32-30(16-15-25-24-9-3-6-12-31(24)40-35(25)32)39-34(26)27(19-23)33-36(39)38-29-11-5-4-10-28(29)37-33/h1-19,28,37H. The molecule has 1 aliphatic carbocycles. The summed E-state index contributed by atoms with van der Waals surface area (Å²) in [5.74, 6) is 0.951. The minimum absolute atomic E-state index is 0.0704. The van der Waals surface area contributed by atoms with Gasteiger partial charge in [-0.05, 0) is 64.4 Å². The maximum absolute atomic E-state index is 6.58. The molecule has 8 aromatic rings. The van der Waals surface area contributed by atoms with E-state index < -0.39 is 0 Å². The van der Waals surface area contributed by atoms with E-state index >= 15 is 0 Å². The average Bonchev–Trinajstić information content (AvgIpc) is 3.65. The molecule has 186 valence electrons. The topological polar surface area (TPSA) is 41.9 Å². The second-order valence-corrected chi connectivity index (χ2v) is 10.9. The van der Waals surface area contributed by atoms with Crippen LogP contribution in [0.1, 0.15) is 0 Å². The molecule has 0 fully saturated rings. The van der Waals surface area contributed by atoms with Crippen LogP contribution >= 0.6 is 0 Å². The second kappa shape index (κ2) is 7.19. The van der Waals surface area contributed by atoms with Gasteiger partial charge in [-0.25, -0.2) is 4.99 Å². The van der Waals surface area contributed by atoms with Gasteiger partial charge in [0.25, 0.3) is 0 Å². The van der Waals surface area contributed by atoms with Crippen molar-refractivity contribution in [3.8, 4) is 11.1 Å². The first-order chi connectivity index (χ1) is 19.8. The highest BCUT2D eigenvalue weighted by atomic mass is 16.3. The summed E-state index contributed by atoms with van der Waals surface area (Å²) in [6, 6.07) is 32.8. The van der Waals surface area contributed by atoms with Crippen LogP contribution in [-0.4, -0.2) is 16.2 Å². The smallest absolute Gasteiger partial charge is 0.162 e. The van der Waals surface area contributed by atoms with Crippen molar-refractivity contribution < 1.29 is 4.42 Å². The van der Waals surface area contributed by atoms with Crippen LogP contribution in [0.5, 0.6) is 0 Å².